The molecule has 0 spiro atoms. The van der Waals surface area contributed by atoms with Crippen molar-refractivity contribution in [2.45, 2.75) is 4.90 Å². The van der Waals surface area contributed by atoms with Gasteiger partial charge in [-0.3, -0.25) is 0 Å². The molecule has 0 aliphatic rings. The first kappa shape index (κ1) is 10.8. The lowest BCUT2D eigenvalue weighted by Crippen LogP contribution is -2.20. The van der Waals surface area contributed by atoms with E-state index in [1.165, 1.54) is 12.1 Å². The number of anilines is 1. The number of rotatable bonds is 2. The van der Waals surface area contributed by atoms with Gasteiger partial charge in [0, 0.05) is 6.20 Å². The maximum atomic E-state index is 10.8. The zero-order valence-electron chi connectivity index (χ0n) is 6.97. The summed E-state index contributed by atoms with van der Waals surface area (Å²) in [6.07, 6.45) is 1.12. The largest absolute Gasteiger partial charge is 0.376 e. The van der Waals surface area contributed by atoms with E-state index in [1.807, 2.05) is 0 Å². The van der Waals surface area contributed by atoms with Crippen LogP contribution < -0.4 is 16.2 Å². The molecule has 0 fully saturated rings. The molecule has 0 saturated carbocycles. The van der Waals surface area contributed by atoms with Gasteiger partial charge in [-0.25, -0.2) is 18.5 Å². The van der Waals surface area contributed by atoms with E-state index in [1.54, 1.807) is 0 Å². The van der Waals surface area contributed by atoms with Crippen LogP contribution in [0.1, 0.15) is 0 Å². The first-order chi connectivity index (χ1) is 6.39. The summed E-state index contributed by atoms with van der Waals surface area (Å²) in [4.78, 5) is 3.68. The van der Waals surface area contributed by atoms with Crippen molar-refractivity contribution in [1.29, 1.82) is 0 Å². The molecule has 0 amide bonds. The maximum Gasteiger partial charge on any atom is 0.239 e. The van der Waals surface area contributed by atoms with Crippen LogP contribution in [0.25, 0.3) is 0 Å². The van der Waals surface area contributed by atoms with Crippen LogP contribution in [0.2, 0.25) is 0 Å². The number of sulfonamides is 1. The molecule has 8 heteroatoms. The number of aromatic nitrogens is 1. The summed E-state index contributed by atoms with van der Waals surface area (Å²) in [7, 11) is -3.70. The van der Waals surface area contributed by atoms with Crippen LogP contribution in [0.3, 0.4) is 0 Å². The summed E-state index contributed by atoms with van der Waals surface area (Å²) >= 11 is 4.57. The minimum atomic E-state index is -3.70. The van der Waals surface area contributed by atoms with Crippen LogP contribution in [0.4, 0.5) is 5.82 Å². The van der Waals surface area contributed by atoms with Crippen molar-refractivity contribution < 1.29 is 8.42 Å². The summed E-state index contributed by atoms with van der Waals surface area (Å²) in [6.45, 7) is 0. The van der Waals surface area contributed by atoms with Gasteiger partial charge in [-0.05, 0) is 24.4 Å². The quantitative estimate of drug-likeness (QED) is 0.586. The van der Waals surface area contributed by atoms with E-state index in [4.69, 9.17) is 10.9 Å². The molecule has 0 unspecified atom stereocenters. The molecule has 0 bridgehead atoms. The third-order valence-electron chi connectivity index (χ3n) is 1.32. The van der Waals surface area contributed by atoms with Crippen LogP contribution in [0.15, 0.2) is 23.2 Å². The lowest BCUT2D eigenvalue weighted by molar-refractivity contribution is 0.597. The lowest BCUT2D eigenvalue weighted by Gasteiger charge is -2.02. The van der Waals surface area contributed by atoms with Gasteiger partial charge < -0.3 is 11.1 Å². The summed E-state index contributed by atoms with van der Waals surface area (Å²) in [5, 5.41) is 7.47. The average Bonchev–Trinajstić information content (AvgIpc) is 2.02. The zero-order chi connectivity index (χ0) is 10.8. The summed E-state index contributed by atoms with van der Waals surface area (Å²) in [5.74, 6) is 0.366. The molecular formula is C6H8N4O2S2. The molecule has 76 valence electrons. The van der Waals surface area contributed by atoms with Crippen LogP contribution in [0, 0.1) is 0 Å². The zero-order valence-corrected chi connectivity index (χ0v) is 8.60. The Hall–Kier alpha value is -1.25. The highest BCUT2D eigenvalue weighted by molar-refractivity contribution is 7.89. The van der Waals surface area contributed by atoms with Crippen molar-refractivity contribution in [2.24, 2.45) is 10.9 Å². The van der Waals surface area contributed by atoms with Gasteiger partial charge in [-0.2, -0.15) is 0 Å². The Morgan fingerprint density at radius 1 is 1.50 bits per heavy atom. The SMILES string of the molecule is NC(=S)Nc1ccc(S(N)(=O)=O)cn1. The number of nitrogens with one attached hydrogen (secondary N) is 1. The maximum absolute atomic E-state index is 10.8. The Bertz CT molecular complexity index is 439. The highest BCUT2D eigenvalue weighted by Crippen LogP contribution is 2.08. The molecule has 14 heavy (non-hydrogen) atoms. The van der Waals surface area contributed by atoms with Gasteiger partial charge in [-0.15, -0.1) is 0 Å². The summed E-state index contributed by atoms with van der Waals surface area (Å²) in [5.41, 5.74) is 5.19. The third kappa shape index (κ3) is 2.91. The van der Waals surface area contributed by atoms with Crippen LogP contribution in [-0.4, -0.2) is 18.5 Å². The topological polar surface area (TPSA) is 111 Å². The second-order valence-electron chi connectivity index (χ2n) is 2.41. The number of pyridine rings is 1. The second kappa shape index (κ2) is 3.86. The minimum absolute atomic E-state index is 0.0563. The van der Waals surface area contributed by atoms with E-state index >= 15 is 0 Å². The molecular weight excluding hydrogens is 224 g/mol. The summed E-state index contributed by atoms with van der Waals surface area (Å²) in [6, 6.07) is 2.72. The van der Waals surface area contributed by atoms with Crippen molar-refractivity contribution in [3.05, 3.63) is 18.3 Å². The van der Waals surface area contributed by atoms with Gasteiger partial charge in [0.25, 0.3) is 0 Å². The van der Waals surface area contributed by atoms with Crippen molar-refractivity contribution in [1.82, 2.24) is 4.98 Å². The number of thiocarbonyl (C=S) groups is 1. The molecule has 0 atom stereocenters. The average molecular weight is 232 g/mol. The molecule has 0 aliphatic heterocycles. The predicted octanol–water partition coefficient (Wildman–Crippen LogP) is -0.615. The van der Waals surface area contributed by atoms with E-state index in [2.05, 4.69) is 22.5 Å². The molecule has 5 N–H and O–H groups in total. The van der Waals surface area contributed by atoms with Gasteiger partial charge in [-0.1, -0.05) is 0 Å². The standard InChI is InChI=1S/C6H8N4O2S2/c7-6(13)10-5-2-1-4(3-9-5)14(8,11)12/h1-3H,(H2,8,11,12)(H3,7,9,10,13). The van der Waals surface area contributed by atoms with Crippen LogP contribution in [-0.2, 0) is 10.0 Å². The highest BCUT2D eigenvalue weighted by atomic mass is 32.2. The molecule has 1 rings (SSSR count). The molecule has 6 nitrogen and oxygen atoms in total. The fourth-order valence-corrected chi connectivity index (χ4v) is 1.31. The van der Waals surface area contributed by atoms with Crippen molar-refractivity contribution in [3.8, 4) is 0 Å². The highest BCUT2D eigenvalue weighted by Gasteiger charge is 2.07. The van der Waals surface area contributed by atoms with Crippen molar-refractivity contribution >= 4 is 33.2 Å². The van der Waals surface area contributed by atoms with Gasteiger partial charge in [0.05, 0.1) is 0 Å². The molecule has 1 aromatic heterocycles. The van der Waals surface area contributed by atoms with E-state index in [9.17, 15) is 8.42 Å². The normalized spacial score (nSPS) is 10.9. The predicted molar refractivity (Wildman–Crippen MR) is 56.0 cm³/mol. The Morgan fingerprint density at radius 3 is 2.50 bits per heavy atom. The smallest absolute Gasteiger partial charge is 0.239 e. The van der Waals surface area contributed by atoms with Crippen LogP contribution >= 0.6 is 12.2 Å². The molecule has 0 radical (unpaired) electrons. The Balaban J connectivity index is 2.95. The number of nitrogens with zero attached hydrogens (tertiary/aromatic N) is 1. The number of hydrogen-bond acceptors (Lipinski definition) is 4. The molecule has 0 aromatic carbocycles. The Morgan fingerprint density at radius 2 is 2.14 bits per heavy atom. The lowest BCUT2D eigenvalue weighted by atomic mass is 10.5. The second-order valence-corrected chi connectivity index (χ2v) is 4.41. The molecule has 1 heterocycles. The first-order valence-corrected chi connectivity index (χ1v) is 5.40. The van der Waals surface area contributed by atoms with E-state index in [0.717, 1.165) is 6.20 Å². The number of primary sulfonamides is 1. The number of hydrogen-bond donors (Lipinski definition) is 3. The van der Waals surface area contributed by atoms with Gasteiger partial charge in [0.15, 0.2) is 5.11 Å². The van der Waals surface area contributed by atoms with E-state index in [0.29, 0.717) is 5.82 Å². The Labute approximate surface area is 86.4 Å². The van der Waals surface area contributed by atoms with Gasteiger partial charge in [0.1, 0.15) is 10.7 Å². The van der Waals surface area contributed by atoms with Crippen LogP contribution in [0.5, 0.6) is 0 Å². The molecule has 0 aliphatic carbocycles. The van der Waals surface area contributed by atoms with Crippen molar-refractivity contribution in [3.63, 3.8) is 0 Å². The monoisotopic (exact) mass is 232 g/mol. The van der Waals surface area contributed by atoms with E-state index < -0.39 is 10.0 Å². The fourth-order valence-electron chi connectivity index (χ4n) is 0.749. The molecule has 1 aromatic rings. The summed E-state index contributed by atoms with van der Waals surface area (Å²) < 4.78 is 21.7. The van der Waals surface area contributed by atoms with Crippen molar-refractivity contribution in [2.75, 3.05) is 5.32 Å². The Kier molecular flexibility index (Phi) is 2.99. The molecule has 0 saturated heterocycles. The van der Waals surface area contributed by atoms with Gasteiger partial charge >= 0.3 is 0 Å². The fraction of sp³-hybridized carbons (Fsp3) is 0. The van der Waals surface area contributed by atoms with Gasteiger partial charge in [0.2, 0.25) is 10.0 Å². The third-order valence-corrected chi connectivity index (χ3v) is 2.32. The number of nitrogens with two attached hydrogens (primary N) is 2. The van der Waals surface area contributed by atoms with E-state index in [-0.39, 0.29) is 10.0 Å². The first-order valence-electron chi connectivity index (χ1n) is 3.45. The minimum Gasteiger partial charge on any atom is -0.376 e.